The summed E-state index contributed by atoms with van der Waals surface area (Å²) in [6.45, 7) is 1.61. The molecule has 1 aromatic rings. The molecule has 1 aliphatic carbocycles. The zero-order valence-electron chi connectivity index (χ0n) is 12.3. The third-order valence-corrected chi connectivity index (χ3v) is 6.97. The Morgan fingerprint density at radius 1 is 1.14 bits per heavy atom. The smallest absolute Gasteiger partial charge is 0.244 e. The van der Waals surface area contributed by atoms with Crippen LogP contribution in [0.5, 0.6) is 0 Å². The maximum absolute atomic E-state index is 12.6. The van der Waals surface area contributed by atoms with Crippen molar-refractivity contribution in [3.63, 3.8) is 0 Å². The lowest BCUT2D eigenvalue weighted by molar-refractivity contribution is 0.160. The Kier molecular flexibility index (Phi) is 4.03. The third-order valence-electron chi connectivity index (χ3n) is 5.09. The summed E-state index contributed by atoms with van der Waals surface area (Å²) in [5.41, 5.74) is 6.63. The van der Waals surface area contributed by atoms with Crippen molar-refractivity contribution >= 4 is 10.0 Å². The molecule has 2 aliphatic rings. The van der Waals surface area contributed by atoms with E-state index in [0.717, 1.165) is 12.8 Å². The average Bonchev–Trinajstić information content (AvgIpc) is 2.96. The lowest BCUT2D eigenvalue weighted by Crippen LogP contribution is -2.42. The van der Waals surface area contributed by atoms with Gasteiger partial charge in [-0.1, -0.05) is 12.8 Å². The Morgan fingerprint density at radius 2 is 1.81 bits per heavy atom. The maximum atomic E-state index is 12.6. The van der Waals surface area contributed by atoms with Crippen LogP contribution >= 0.6 is 0 Å². The first kappa shape index (κ1) is 14.9. The number of sulfonamides is 1. The Labute approximate surface area is 126 Å². The van der Waals surface area contributed by atoms with Crippen molar-refractivity contribution in [1.82, 2.24) is 9.29 Å². The van der Waals surface area contributed by atoms with Gasteiger partial charge in [0, 0.05) is 25.8 Å². The number of pyridine rings is 1. The van der Waals surface area contributed by atoms with Crippen LogP contribution in [0, 0.1) is 5.41 Å². The van der Waals surface area contributed by atoms with Gasteiger partial charge >= 0.3 is 0 Å². The highest BCUT2D eigenvalue weighted by atomic mass is 32.2. The molecule has 1 saturated heterocycles. The van der Waals surface area contributed by atoms with Crippen LogP contribution in [-0.4, -0.2) is 30.8 Å². The molecule has 1 spiro atoms. The molecule has 0 atom stereocenters. The van der Waals surface area contributed by atoms with Gasteiger partial charge in [-0.2, -0.15) is 4.31 Å². The van der Waals surface area contributed by atoms with Gasteiger partial charge in [-0.05, 0) is 43.2 Å². The minimum Gasteiger partial charge on any atom is -0.325 e. The van der Waals surface area contributed by atoms with Crippen molar-refractivity contribution in [3.8, 4) is 0 Å². The first-order valence-corrected chi connectivity index (χ1v) is 9.15. The van der Waals surface area contributed by atoms with Crippen LogP contribution in [-0.2, 0) is 16.6 Å². The molecule has 116 valence electrons. The molecule has 0 bridgehead atoms. The lowest BCUT2D eigenvalue weighted by atomic mass is 9.78. The number of piperidine rings is 1. The summed E-state index contributed by atoms with van der Waals surface area (Å²) in [7, 11) is -3.40. The third kappa shape index (κ3) is 2.84. The summed E-state index contributed by atoms with van der Waals surface area (Å²) in [5, 5.41) is 0. The van der Waals surface area contributed by atoms with E-state index < -0.39 is 10.0 Å². The van der Waals surface area contributed by atoms with Crippen molar-refractivity contribution in [2.45, 2.75) is 50.0 Å². The molecule has 1 aromatic heterocycles. The molecule has 0 aromatic carbocycles. The fourth-order valence-corrected chi connectivity index (χ4v) is 5.05. The van der Waals surface area contributed by atoms with E-state index in [4.69, 9.17) is 5.73 Å². The Bertz CT molecular complexity index is 582. The van der Waals surface area contributed by atoms with E-state index in [0.29, 0.717) is 30.7 Å². The van der Waals surface area contributed by atoms with E-state index in [9.17, 15) is 8.42 Å². The Balaban J connectivity index is 1.73. The zero-order chi connectivity index (χ0) is 14.9. The van der Waals surface area contributed by atoms with Crippen LogP contribution in [0.2, 0.25) is 0 Å². The SMILES string of the molecule is NCc1ccc(S(=O)(=O)N2CCC3(CCCC3)CC2)cn1. The van der Waals surface area contributed by atoms with Gasteiger partial charge in [0.2, 0.25) is 10.0 Å². The van der Waals surface area contributed by atoms with Crippen molar-refractivity contribution in [3.05, 3.63) is 24.0 Å². The van der Waals surface area contributed by atoms with Gasteiger partial charge < -0.3 is 5.73 Å². The molecule has 0 amide bonds. The maximum Gasteiger partial charge on any atom is 0.244 e. The predicted octanol–water partition coefficient (Wildman–Crippen LogP) is 1.89. The number of hydrogen-bond donors (Lipinski definition) is 1. The molecule has 3 rings (SSSR count). The average molecular weight is 309 g/mol. The Hall–Kier alpha value is -0.980. The van der Waals surface area contributed by atoms with Gasteiger partial charge in [0.25, 0.3) is 0 Å². The highest BCUT2D eigenvalue weighted by Crippen LogP contribution is 2.46. The summed E-state index contributed by atoms with van der Waals surface area (Å²) < 4.78 is 26.9. The van der Waals surface area contributed by atoms with E-state index in [2.05, 4.69) is 4.98 Å². The predicted molar refractivity (Wildman–Crippen MR) is 81.0 cm³/mol. The topological polar surface area (TPSA) is 76.3 Å². The largest absolute Gasteiger partial charge is 0.325 e. The fourth-order valence-electron chi connectivity index (χ4n) is 3.66. The monoisotopic (exact) mass is 309 g/mol. The van der Waals surface area contributed by atoms with Crippen LogP contribution in [0.1, 0.15) is 44.2 Å². The van der Waals surface area contributed by atoms with E-state index >= 15 is 0 Å². The molecular formula is C15H23N3O2S. The summed E-state index contributed by atoms with van der Waals surface area (Å²) in [6, 6.07) is 3.31. The number of aromatic nitrogens is 1. The van der Waals surface area contributed by atoms with Crippen LogP contribution in [0.25, 0.3) is 0 Å². The number of nitrogens with zero attached hydrogens (tertiary/aromatic N) is 2. The van der Waals surface area contributed by atoms with Crippen LogP contribution < -0.4 is 5.73 Å². The van der Waals surface area contributed by atoms with Crippen LogP contribution in [0.4, 0.5) is 0 Å². The molecule has 1 saturated carbocycles. The Morgan fingerprint density at radius 3 is 2.33 bits per heavy atom. The minimum absolute atomic E-state index is 0.280. The second-order valence-electron chi connectivity index (χ2n) is 6.30. The van der Waals surface area contributed by atoms with Gasteiger partial charge in [0.1, 0.15) is 4.90 Å². The number of rotatable bonds is 3. The minimum atomic E-state index is -3.40. The molecule has 5 nitrogen and oxygen atoms in total. The summed E-state index contributed by atoms with van der Waals surface area (Å²) in [6.07, 6.45) is 8.58. The van der Waals surface area contributed by atoms with Gasteiger partial charge in [0.15, 0.2) is 0 Å². The number of hydrogen-bond acceptors (Lipinski definition) is 4. The summed E-state index contributed by atoms with van der Waals surface area (Å²) >= 11 is 0. The van der Waals surface area contributed by atoms with Crippen LogP contribution in [0.15, 0.2) is 23.2 Å². The van der Waals surface area contributed by atoms with Crippen molar-refractivity contribution in [1.29, 1.82) is 0 Å². The van der Waals surface area contributed by atoms with E-state index in [1.807, 2.05) is 0 Å². The van der Waals surface area contributed by atoms with E-state index in [-0.39, 0.29) is 4.90 Å². The van der Waals surface area contributed by atoms with Gasteiger partial charge in [-0.25, -0.2) is 8.42 Å². The van der Waals surface area contributed by atoms with Crippen molar-refractivity contribution in [2.75, 3.05) is 13.1 Å². The molecule has 6 heteroatoms. The second-order valence-corrected chi connectivity index (χ2v) is 8.24. The molecule has 0 unspecified atom stereocenters. The highest BCUT2D eigenvalue weighted by molar-refractivity contribution is 7.89. The van der Waals surface area contributed by atoms with Gasteiger partial charge in [-0.3, -0.25) is 4.98 Å². The fraction of sp³-hybridized carbons (Fsp3) is 0.667. The quantitative estimate of drug-likeness (QED) is 0.925. The molecule has 1 aliphatic heterocycles. The van der Waals surface area contributed by atoms with Crippen LogP contribution in [0.3, 0.4) is 0 Å². The second kappa shape index (κ2) is 5.66. The molecule has 2 fully saturated rings. The molecule has 2 N–H and O–H groups in total. The van der Waals surface area contributed by atoms with Gasteiger partial charge in [0.05, 0.1) is 5.69 Å². The van der Waals surface area contributed by atoms with E-state index in [1.165, 1.54) is 31.9 Å². The lowest BCUT2D eigenvalue weighted by Gasteiger charge is -2.38. The van der Waals surface area contributed by atoms with Gasteiger partial charge in [-0.15, -0.1) is 0 Å². The molecule has 21 heavy (non-hydrogen) atoms. The highest BCUT2D eigenvalue weighted by Gasteiger charge is 2.40. The molecule has 0 radical (unpaired) electrons. The van der Waals surface area contributed by atoms with E-state index in [1.54, 1.807) is 16.4 Å². The first-order valence-electron chi connectivity index (χ1n) is 7.71. The van der Waals surface area contributed by atoms with Crippen molar-refractivity contribution < 1.29 is 8.42 Å². The summed E-state index contributed by atoms with van der Waals surface area (Å²) in [4.78, 5) is 4.38. The normalized spacial score (nSPS) is 22.7. The first-order chi connectivity index (χ1) is 10.1. The zero-order valence-corrected chi connectivity index (χ0v) is 13.1. The summed E-state index contributed by atoms with van der Waals surface area (Å²) in [5.74, 6) is 0. The molecule has 2 heterocycles. The molecular weight excluding hydrogens is 286 g/mol. The van der Waals surface area contributed by atoms with Crippen molar-refractivity contribution in [2.24, 2.45) is 11.1 Å². The number of nitrogens with two attached hydrogens (primary N) is 1. The standard InChI is InChI=1S/C15H23N3O2S/c16-11-13-3-4-14(12-17-13)21(19,20)18-9-7-15(8-10-18)5-1-2-6-15/h3-4,12H,1-2,5-11,16H2.